The Balaban J connectivity index is 2.74. The number of aliphatic hydroxyl groups is 2. The number of hydrogen-bond donors (Lipinski definition) is 2. The molecule has 7 nitrogen and oxygen atoms in total. The smallest absolute Gasteiger partial charge is 0.410 e. The Kier molecular flexibility index (Phi) is 5.36. The van der Waals surface area contributed by atoms with Gasteiger partial charge in [0.25, 0.3) is 0 Å². The van der Waals surface area contributed by atoms with Gasteiger partial charge in [-0.15, -0.1) is 0 Å². The van der Waals surface area contributed by atoms with E-state index in [1.165, 1.54) is 4.90 Å². The zero-order valence-electron chi connectivity index (χ0n) is 10.3. The third-order valence-electron chi connectivity index (χ3n) is 2.77. The second kappa shape index (κ2) is 6.35. The van der Waals surface area contributed by atoms with Crippen LogP contribution in [0.25, 0.3) is 0 Å². The van der Waals surface area contributed by atoms with Gasteiger partial charge in [-0.25, -0.2) is 13.2 Å². The van der Waals surface area contributed by atoms with E-state index in [-0.39, 0.29) is 24.7 Å². The van der Waals surface area contributed by atoms with Crippen molar-refractivity contribution < 1.29 is 28.2 Å². The number of rotatable bonds is 5. The van der Waals surface area contributed by atoms with Crippen molar-refractivity contribution in [2.24, 2.45) is 0 Å². The first-order valence-corrected chi connectivity index (χ1v) is 7.64. The molecule has 1 amide bonds. The second-order valence-corrected chi connectivity index (χ2v) is 6.47. The van der Waals surface area contributed by atoms with Crippen molar-refractivity contribution in [3.63, 3.8) is 0 Å². The minimum atomic E-state index is -3.13. The van der Waals surface area contributed by atoms with Gasteiger partial charge in [0, 0.05) is 0 Å². The van der Waals surface area contributed by atoms with Crippen molar-refractivity contribution in [1.82, 2.24) is 4.90 Å². The van der Waals surface area contributed by atoms with Crippen LogP contribution in [-0.2, 0) is 14.6 Å². The van der Waals surface area contributed by atoms with Crippen LogP contribution in [0.1, 0.15) is 13.3 Å². The summed E-state index contributed by atoms with van der Waals surface area (Å²) in [4.78, 5) is 12.9. The zero-order valence-corrected chi connectivity index (χ0v) is 11.1. The number of ether oxygens (including phenoxy) is 1. The highest BCUT2D eigenvalue weighted by atomic mass is 32.2. The lowest BCUT2D eigenvalue weighted by atomic mass is 10.2. The number of carbonyl (C=O) groups is 1. The van der Waals surface area contributed by atoms with E-state index in [2.05, 4.69) is 0 Å². The van der Waals surface area contributed by atoms with Gasteiger partial charge in [0.05, 0.1) is 43.4 Å². The fourth-order valence-corrected chi connectivity index (χ4v) is 3.62. The van der Waals surface area contributed by atoms with Crippen molar-refractivity contribution in [1.29, 1.82) is 0 Å². The highest BCUT2D eigenvalue weighted by Gasteiger charge is 2.36. The van der Waals surface area contributed by atoms with E-state index in [1.54, 1.807) is 6.92 Å². The van der Waals surface area contributed by atoms with Crippen LogP contribution in [-0.4, -0.2) is 73.0 Å². The Labute approximate surface area is 106 Å². The predicted octanol–water partition coefficient (Wildman–Crippen LogP) is -1.01. The molecule has 0 spiro atoms. The fourth-order valence-electron chi connectivity index (χ4n) is 1.89. The molecule has 0 unspecified atom stereocenters. The summed E-state index contributed by atoms with van der Waals surface area (Å²) in [6.07, 6.45) is -1.43. The first kappa shape index (κ1) is 15.2. The Morgan fingerprint density at radius 2 is 2.22 bits per heavy atom. The largest absolute Gasteiger partial charge is 0.450 e. The molecule has 1 heterocycles. The van der Waals surface area contributed by atoms with Gasteiger partial charge < -0.3 is 19.8 Å². The highest BCUT2D eigenvalue weighted by molar-refractivity contribution is 7.91. The molecule has 106 valence electrons. The van der Waals surface area contributed by atoms with Crippen molar-refractivity contribution in [2.45, 2.75) is 25.5 Å². The van der Waals surface area contributed by atoms with Crippen LogP contribution >= 0.6 is 0 Å². The summed E-state index contributed by atoms with van der Waals surface area (Å²) in [5, 5.41) is 18.2. The third-order valence-corrected chi connectivity index (χ3v) is 4.52. The monoisotopic (exact) mass is 281 g/mol. The van der Waals surface area contributed by atoms with Crippen LogP contribution in [0.5, 0.6) is 0 Å². The maximum absolute atomic E-state index is 11.7. The predicted molar refractivity (Wildman–Crippen MR) is 63.9 cm³/mol. The molecule has 2 atom stereocenters. The number of amides is 1. The summed E-state index contributed by atoms with van der Waals surface area (Å²) < 4.78 is 27.6. The summed E-state index contributed by atoms with van der Waals surface area (Å²) in [7, 11) is -3.13. The third kappa shape index (κ3) is 4.11. The highest BCUT2D eigenvalue weighted by Crippen LogP contribution is 2.19. The van der Waals surface area contributed by atoms with Crippen molar-refractivity contribution in [3.05, 3.63) is 0 Å². The zero-order chi connectivity index (χ0) is 13.8. The molecule has 18 heavy (non-hydrogen) atoms. The van der Waals surface area contributed by atoms with E-state index < -0.39 is 34.7 Å². The van der Waals surface area contributed by atoms with Crippen molar-refractivity contribution in [2.75, 3.05) is 31.3 Å². The number of sulfone groups is 1. The lowest BCUT2D eigenvalue weighted by Gasteiger charge is -2.28. The molecule has 0 bridgehead atoms. The van der Waals surface area contributed by atoms with Crippen LogP contribution in [0.3, 0.4) is 0 Å². The van der Waals surface area contributed by atoms with Gasteiger partial charge in [-0.1, -0.05) is 0 Å². The minimum Gasteiger partial charge on any atom is -0.450 e. The van der Waals surface area contributed by atoms with Gasteiger partial charge in [-0.3, -0.25) is 0 Å². The Morgan fingerprint density at radius 1 is 1.56 bits per heavy atom. The van der Waals surface area contributed by atoms with Gasteiger partial charge in [0.2, 0.25) is 0 Å². The van der Waals surface area contributed by atoms with Crippen molar-refractivity contribution in [3.8, 4) is 0 Å². The van der Waals surface area contributed by atoms with Gasteiger partial charge in [-0.05, 0) is 13.3 Å². The van der Waals surface area contributed by atoms with Crippen LogP contribution in [0, 0.1) is 0 Å². The average Bonchev–Trinajstić information content (AvgIpc) is 2.66. The summed E-state index contributed by atoms with van der Waals surface area (Å²) in [5.74, 6) is -0.0905. The molecular weight excluding hydrogens is 262 g/mol. The number of aliphatic hydroxyl groups excluding tert-OH is 2. The maximum atomic E-state index is 11.7. The van der Waals surface area contributed by atoms with Crippen LogP contribution in [0.15, 0.2) is 0 Å². The quantitative estimate of drug-likeness (QED) is 0.669. The molecule has 2 N–H and O–H groups in total. The van der Waals surface area contributed by atoms with E-state index in [0.29, 0.717) is 6.42 Å². The summed E-state index contributed by atoms with van der Waals surface area (Å²) in [6.45, 7) is 1.19. The minimum absolute atomic E-state index is 0.0305. The first-order chi connectivity index (χ1) is 8.39. The van der Waals surface area contributed by atoms with E-state index in [0.717, 1.165) is 0 Å². The second-order valence-electron chi connectivity index (χ2n) is 4.24. The normalized spacial score (nSPS) is 23.6. The molecule has 1 rings (SSSR count). The fraction of sp³-hybridized carbons (Fsp3) is 0.900. The van der Waals surface area contributed by atoms with E-state index in [4.69, 9.17) is 9.84 Å². The van der Waals surface area contributed by atoms with Crippen LogP contribution < -0.4 is 0 Å². The van der Waals surface area contributed by atoms with E-state index in [1.807, 2.05) is 0 Å². The number of hydrogen-bond acceptors (Lipinski definition) is 6. The molecular formula is C10H19NO6S. The molecule has 0 saturated carbocycles. The van der Waals surface area contributed by atoms with Crippen LogP contribution in [0.2, 0.25) is 0 Å². The molecule has 1 fully saturated rings. The molecule has 0 aromatic rings. The Hall–Kier alpha value is -0.860. The first-order valence-electron chi connectivity index (χ1n) is 5.82. The van der Waals surface area contributed by atoms with E-state index >= 15 is 0 Å². The summed E-state index contributed by atoms with van der Waals surface area (Å²) in [6, 6.07) is -0.491. The molecule has 0 aromatic carbocycles. The molecule has 8 heteroatoms. The molecule has 1 aliphatic rings. The molecule has 1 aliphatic heterocycles. The van der Waals surface area contributed by atoms with Gasteiger partial charge >= 0.3 is 6.09 Å². The molecule has 0 aromatic heterocycles. The maximum Gasteiger partial charge on any atom is 0.410 e. The number of nitrogens with zero attached hydrogens (tertiary/aromatic N) is 1. The molecule has 1 saturated heterocycles. The molecule has 0 radical (unpaired) electrons. The topological polar surface area (TPSA) is 104 Å². The Morgan fingerprint density at radius 3 is 2.67 bits per heavy atom. The van der Waals surface area contributed by atoms with Crippen molar-refractivity contribution >= 4 is 15.9 Å². The Bertz CT molecular complexity index is 382. The lowest BCUT2D eigenvalue weighted by molar-refractivity contribution is 0.0375. The van der Waals surface area contributed by atoms with Gasteiger partial charge in [0.15, 0.2) is 9.84 Å². The van der Waals surface area contributed by atoms with Crippen LogP contribution in [0.4, 0.5) is 4.79 Å². The lowest BCUT2D eigenvalue weighted by Crippen LogP contribution is -2.46. The number of carbonyl (C=O) groups excluding carboxylic acids is 1. The summed E-state index contributed by atoms with van der Waals surface area (Å²) >= 11 is 0. The SMILES string of the molecule is CCOC(=O)N(C[C@H](O)CO)[C@@H]1CCS(=O)(=O)C1. The van der Waals surface area contributed by atoms with E-state index in [9.17, 15) is 18.3 Å². The average molecular weight is 281 g/mol. The standard InChI is InChI=1S/C10H19NO6S/c1-2-17-10(14)11(5-9(13)6-12)8-3-4-18(15,16)7-8/h8-9,12-13H,2-7H2,1H3/t8-,9+/m1/s1. The van der Waals surface area contributed by atoms with Gasteiger partial charge in [-0.2, -0.15) is 0 Å². The summed E-state index contributed by atoms with van der Waals surface area (Å²) in [5.41, 5.74) is 0. The molecule has 0 aliphatic carbocycles. The van der Waals surface area contributed by atoms with Gasteiger partial charge in [0.1, 0.15) is 0 Å².